The van der Waals surface area contributed by atoms with Crippen LogP contribution < -0.4 is 11.5 Å². The summed E-state index contributed by atoms with van der Waals surface area (Å²) in [5, 5.41) is 20.8. The van der Waals surface area contributed by atoms with Crippen LogP contribution in [0.5, 0.6) is 0 Å². The standard InChI is InChI=1S/C16H17ClFN3O3S/c17-12-6-14(21(23)24)16(7-13(12)20)25-15(5-11(22)8-19)9-2-1-3-10(18)4-9/h1-4,6-7,11,15,22H,5,8,19-20H2/t11-,15-/m1/s1. The zero-order chi connectivity index (χ0) is 18.6. The minimum atomic E-state index is -0.829. The van der Waals surface area contributed by atoms with Crippen LogP contribution in [-0.2, 0) is 0 Å². The quantitative estimate of drug-likeness (QED) is 0.290. The molecule has 25 heavy (non-hydrogen) atoms. The first kappa shape index (κ1) is 19.5. The average Bonchev–Trinajstić information content (AvgIpc) is 2.56. The number of nitro benzene ring substituents is 1. The zero-order valence-corrected chi connectivity index (χ0v) is 14.6. The Morgan fingerprint density at radius 1 is 1.36 bits per heavy atom. The van der Waals surface area contributed by atoms with E-state index in [9.17, 15) is 19.6 Å². The second-order valence-electron chi connectivity index (χ2n) is 5.39. The number of aliphatic hydroxyl groups excluding tert-OH is 1. The summed E-state index contributed by atoms with van der Waals surface area (Å²) in [7, 11) is 0. The lowest BCUT2D eigenvalue weighted by Gasteiger charge is -2.20. The molecule has 2 rings (SSSR count). The third kappa shape index (κ3) is 5.05. The van der Waals surface area contributed by atoms with Crippen LogP contribution in [0.2, 0.25) is 5.02 Å². The van der Waals surface area contributed by atoms with Gasteiger partial charge in [0.05, 0.1) is 26.6 Å². The first-order valence-corrected chi connectivity index (χ1v) is 8.61. The molecule has 9 heteroatoms. The Balaban J connectivity index is 2.43. The van der Waals surface area contributed by atoms with E-state index in [0.717, 1.165) is 11.8 Å². The number of hydrogen-bond donors (Lipinski definition) is 3. The lowest BCUT2D eigenvalue weighted by molar-refractivity contribution is -0.387. The van der Waals surface area contributed by atoms with Crippen LogP contribution >= 0.6 is 23.4 Å². The summed E-state index contributed by atoms with van der Waals surface area (Å²) in [6.45, 7) is 0.0250. The average molecular weight is 386 g/mol. The van der Waals surface area contributed by atoms with Gasteiger partial charge in [-0.05, 0) is 30.2 Å². The molecule has 0 amide bonds. The van der Waals surface area contributed by atoms with E-state index in [-0.39, 0.29) is 34.3 Å². The molecule has 0 radical (unpaired) electrons. The molecule has 0 bridgehead atoms. The molecular weight excluding hydrogens is 369 g/mol. The minimum absolute atomic E-state index is 0.0250. The smallest absolute Gasteiger partial charge is 0.284 e. The molecule has 0 aliphatic rings. The van der Waals surface area contributed by atoms with Gasteiger partial charge < -0.3 is 16.6 Å². The number of benzene rings is 2. The van der Waals surface area contributed by atoms with E-state index < -0.39 is 22.1 Å². The highest BCUT2D eigenvalue weighted by Crippen LogP contribution is 2.44. The molecule has 2 aromatic rings. The number of nitrogen functional groups attached to an aromatic ring is 1. The molecule has 0 spiro atoms. The number of aliphatic hydroxyl groups is 1. The van der Waals surface area contributed by atoms with Crippen LogP contribution in [0.25, 0.3) is 0 Å². The van der Waals surface area contributed by atoms with Crippen LogP contribution in [0.1, 0.15) is 17.2 Å². The van der Waals surface area contributed by atoms with Gasteiger partial charge in [0.15, 0.2) is 0 Å². The SMILES string of the molecule is NC[C@H](O)C[C@@H](Sc1cc(N)c(Cl)cc1[N+](=O)[O-])c1cccc(F)c1. The van der Waals surface area contributed by atoms with Crippen molar-refractivity contribution in [2.45, 2.75) is 22.7 Å². The summed E-state index contributed by atoms with van der Waals surface area (Å²) in [6, 6.07) is 8.44. The first-order valence-electron chi connectivity index (χ1n) is 7.35. The number of hydrogen-bond acceptors (Lipinski definition) is 6. The number of halogens is 2. The van der Waals surface area contributed by atoms with Crippen molar-refractivity contribution < 1.29 is 14.4 Å². The van der Waals surface area contributed by atoms with Gasteiger partial charge in [0.25, 0.3) is 5.69 Å². The van der Waals surface area contributed by atoms with Gasteiger partial charge in [-0.3, -0.25) is 10.1 Å². The van der Waals surface area contributed by atoms with E-state index >= 15 is 0 Å². The molecule has 2 atom stereocenters. The fraction of sp³-hybridized carbons (Fsp3) is 0.250. The van der Waals surface area contributed by atoms with Crippen molar-refractivity contribution in [3.05, 3.63) is 62.9 Å². The lowest BCUT2D eigenvalue weighted by atomic mass is 10.1. The van der Waals surface area contributed by atoms with Crippen molar-refractivity contribution in [3.63, 3.8) is 0 Å². The number of anilines is 1. The summed E-state index contributed by atoms with van der Waals surface area (Å²) in [6.07, 6.45) is -0.630. The fourth-order valence-electron chi connectivity index (χ4n) is 2.25. The van der Waals surface area contributed by atoms with Gasteiger partial charge in [0.2, 0.25) is 0 Å². The van der Waals surface area contributed by atoms with E-state index in [1.165, 1.54) is 30.3 Å². The van der Waals surface area contributed by atoms with Gasteiger partial charge in [-0.1, -0.05) is 23.7 Å². The van der Waals surface area contributed by atoms with Gasteiger partial charge in [0.1, 0.15) is 5.82 Å². The molecule has 0 heterocycles. The second-order valence-corrected chi connectivity index (χ2v) is 7.04. The largest absolute Gasteiger partial charge is 0.397 e. The topological polar surface area (TPSA) is 115 Å². The van der Waals surface area contributed by atoms with Crippen LogP contribution in [0, 0.1) is 15.9 Å². The Morgan fingerprint density at radius 2 is 2.08 bits per heavy atom. The zero-order valence-electron chi connectivity index (χ0n) is 13.1. The maximum absolute atomic E-state index is 13.6. The number of nitrogens with zero attached hydrogens (tertiary/aromatic N) is 1. The van der Waals surface area contributed by atoms with Crippen LogP contribution in [0.4, 0.5) is 15.8 Å². The monoisotopic (exact) mass is 385 g/mol. The predicted octanol–water partition coefficient (Wildman–Crippen LogP) is 3.51. The van der Waals surface area contributed by atoms with Crippen molar-refractivity contribution in [3.8, 4) is 0 Å². The van der Waals surface area contributed by atoms with Gasteiger partial charge in [0, 0.05) is 17.9 Å². The van der Waals surface area contributed by atoms with Gasteiger partial charge in [-0.2, -0.15) is 0 Å². The molecule has 134 valence electrons. The fourth-order valence-corrected chi connectivity index (χ4v) is 3.77. The number of nitro groups is 1. The molecule has 0 unspecified atom stereocenters. The molecule has 0 aliphatic carbocycles. The molecule has 0 fully saturated rings. The Morgan fingerprint density at radius 3 is 2.68 bits per heavy atom. The molecular formula is C16H17ClFN3O3S. The van der Waals surface area contributed by atoms with Crippen LogP contribution in [-0.4, -0.2) is 22.7 Å². The number of nitrogens with two attached hydrogens (primary N) is 2. The van der Waals surface area contributed by atoms with Crippen molar-refractivity contribution in [2.24, 2.45) is 5.73 Å². The van der Waals surface area contributed by atoms with Crippen LogP contribution in [0.3, 0.4) is 0 Å². The summed E-state index contributed by atoms with van der Waals surface area (Å²) < 4.78 is 13.6. The van der Waals surface area contributed by atoms with Crippen LogP contribution in [0.15, 0.2) is 41.3 Å². The van der Waals surface area contributed by atoms with Crippen molar-refractivity contribution in [1.29, 1.82) is 0 Å². The molecule has 6 nitrogen and oxygen atoms in total. The number of thioether (sulfide) groups is 1. The molecule has 0 saturated heterocycles. The molecule has 0 saturated carbocycles. The Hall–Kier alpha value is -1.87. The highest BCUT2D eigenvalue weighted by molar-refractivity contribution is 7.99. The molecule has 2 aromatic carbocycles. The van der Waals surface area contributed by atoms with E-state index in [1.807, 2.05) is 0 Å². The molecule has 5 N–H and O–H groups in total. The normalized spacial score (nSPS) is 13.4. The molecule has 0 aromatic heterocycles. The number of rotatable bonds is 7. The van der Waals surface area contributed by atoms with Gasteiger partial charge >= 0.3 is 0 Å². The maximum Gasteiger partial charge on any atom is 0.284 e. The lowest BCUT2D eigenvalue weighted by Crippen LogP contribution is -2.21. The Bertz CT molecular complexity index is 778. The minimum Gasteiger partial charge on any atom is -0.397 e. The van der Waals surface area contributed by atoms with E-state index in [2.05, 4.69) is 0 Å². The highest BCUT2D eigenvalue weighted by Gasteiger charge is 2.24. The summed E-state index contributed by atoms with van der Waals surface area (Å²) in [4.78, 5) is 11.0. The summed E-state index contributed by atoms with van der Waals surface area (Å²) in [5.41, 5.74) is 11.8. The summed E-state index contributed by atoms with van der Waals surface area (Å²) in [5.74, 6) is -0.435. The Kier molecular flexibility index (Phi) is 6.60. The van der Waals surface area contributed by atoms with Crippen molar-refractivity contribution in [2.75, 3.05) is 12.3 Å². The summed E-state index contributed by atoms with van der Waals surface area (Å²) >= 11 is 6.98. The van der Waals surface area contributed by atoms with Crippen molar-refractivity contribution >= 4 is 34.7 Å². The van der Waals surface area contributed by atoms with Crippen molar-refractivity contribution in [1.82, 2.24) is 0 Å². The van der Waals surface area contributed by atoms with E-state index in [0.29, 0.717) is 5.56 Å². The highest BCUT2D eigenvalue weighted by atomic mass is 35.5. The van der Waals surface area contributed by atoms with E-state index in [4.69, 9.17) is 23.1 Å². The Labute approximate surface area is 153 Å². The maximum atomic E-state index is 13.6. The second kappa shape index (κ2) is 8.48. The first-order chi connectivity index (χ1) is 11.8. The van der Waals surface area contributed by atoms with E-state index in [1.54, 1.807) is 6.07 Å². The predicted molar refractivity (Wildman–Crippen MR) is 97.2 cm³/mol. The third-order valence-electron chi connectivity index (χ3n) is 3.52. The third-order valence-corrected chi connectivity index (χ3v) is 5.18. The molecule has 0 aliphatic heterocycles. The van der Waals surface area contributed by atoms with Gasteiger partial charge in [-0.25, -0.2) is 4.39 Å². The van der Waals surface area contributed by atoms with Gasteiger partial charge in [-0.15, -0.1) is 11.8 Å².